The van der Waals surface area contributed by atoms with Crippen LogP contribution in [0.4, 0.5) is 5.69 Å². The number of hydrogen-bond donors (Lipinski definition) is 1. The fourth-order valence-corrected chi connectivity index (χ4v) is 3.47. The number of carbonyl (C=O) groups is 2. The van der Waals surface area contributed by atoms with Crippen molar-refractivity contribution in [3.63, 3.8) is 0 Å². The number of nitrogens with one attached hydrogen (secondary N) is 1. The molecule has 1 aliphatic heterocycles. The lowest BCUT2D eigenvalue weighted by Gasteiger charge is -2.15. The summed E-state index contributed by atoms with van der Waals surface area (Å²) in [6.07, 6.45) is 2.43. The van der Waals surface area contributed by atoms with Gasteiger partial charge in [-0.1, -0.05) is 25.1 Å². The molecule has 2 aromatic carbocycles. The van der Waals surface area contributed by atoms with Gasteiger partial charge in [0.25, 0.3) is 11.8 Å². The monoisotopic (exact) mass is 450 g/mol. The Morgan fingerprint density at radius 2 is 1.61 bits per heavy atom. The number of benzene rings is 2. The molecule has 0 radical (unpaired) electrons. The van der Waals surface area contributed by atoms with Crippen molar-refractivity contribution in [2.75, 3.05) is 31.7 Å². The highest BCUT2D eigenvalue weighted by molar-refractivity contribution is 6.36. The zero-order chi connectivity index (χ0) is 23.8. The van der Waals surface area contributed by atoms with Crippen LogP contribution in [0.3, 0.4) is 0 Å². The van der Waals surface area contributed by atoms with E-state index in [1.165, 1.54) is 11.0 Å². The lowest BCUT2D eigenvalue weighted by molar-refractivity contribution is -0.136. The predicted molar refractivity (Wildman–Crippen MR) is 128 cm³/mol. The number of anilines is 1. The molecule has 0 saturated carbocycles. The molecule has 2 aromatic rings. The van der Waals surface area contributed by atoms with E-state index in [1.807, 2.05) is 20.8 Å². The molecule has 1 aliphatic rings. The standard InChI is InChI=1S/C26H30N2O5/c1-5-15-28-25(29)23(18-9-12-20(13-10-18)33-16-6-2)24(26(28)30)27-19-11-14-21(31-7-3)22(17-19)32-8-4/h5,9-14,17,27H,1,6-8,15-16H2,2-4H3. The van der Waals surface area contributed by atoms with Crippen LogP contribution in [0.2, 0.25) is 0 Å². The maximum Gasteiger partial charge on any atom is 0.278 e. The van der Waals surface area contributed by atoms with Gasteiger partial charge in [0.15, 0.2) is 11.5 Å². The van der Waals surface area contributed by atoms with Crippen molar-refractivity contribution in [2.45, 2.75) is 27.2 Å². The van der Waals surface area contributed by atoms with E-state index < -0.39 is 5.91 Å². The summed E-state index contributed by atoms with van der Waals surface area (Å²) in [7, 11) is 0. The molecule has 1 heterocycles. The molecule has 0 atom stereocenters. The smallest absolute Gasteiger partial charge is 0.278 e. The molecule has 7 nitrogen and oxygen atoms in total. The molecular formula is C26H30N2O5. The molecule has 0 unspecified atom stereocenters. The van der Waals surface area contributed by atoms with E-state index >= 15 is 0 Å². The molecule has 0 aliphatic carbocycles. The van der Waals surface area contributed by atoms with Crippen molar-refractivity contribution in [3.05, 3.63) is 66.4 Å². The highest BCUT2D eigenvalue weighted by Crippen LogP contribution is 2.35. The first-order chi connectivity index (χ1) is 16.0. The van der Waals surface area contributed by atoms with E-state index in [4.69, 9.17) is 14.2 Å². The van der Waals surface area contributed by atoms with Crippen LogP contribution in [0.1, 0.15) is 32.8 Å². The topological polar surface area (TPSA) is 77.1 Å². The number of nitrogens with zero attached hydrogens (tertiary/aromatic N) is 1. The van der Waals surface area contributed by atoms with Crippen molar-refractivity contribution in [2.24, 2.45) is 0 Å². The maximum atomic E-state index is 13.2. The molecule has 174 valence electrons. The Kier molecular flexibility index (Phi) is 8.13. The fourth-order valence-electron chi connectivity index (χ4n) is 3.47. The first-order valence-electron chi connectivity index (χ1n) is 11.1. The molecule has 33 heavy (non-hydrogen) atoms. The van der Waals surface area contributed by atoms with Crippen LogP contribution >= 0.6 is 0 Å². The van der Waals surface area contributed by atoms with E-state index in [0.717, 1.165) is 6.42 Å². The van der Waals surface area contributed by atoms with Crippen molar-refractivity contribution >= 4 is 23.1 Å². The van der Waals surface area contributed by atoms with Gasteiger partial charge in [-0.25, -0.2) is 0 Å². The fraction of sp³-hybridized carbons (Fsp3) is 0.308. The lowest BCUT2D eigenvalue weighted by atomic mass is 10.0. The van der Waals surface area contributed by atoms with Gasteiger partial charge in [-0.3, -0.25) is 14.5 Å². The minimum atomic E-state index is -0.409. The Morgan fingerprint density at radius 3 is 2.24 bits per heavy atom. The van der Waals surface area contributed by atoms with Gasteiger partial charge in [-0.15, -0.1) is 6.58 Å². The van der Waals surface area contributed by atoms with Gasteiger partial charge in [0.05, 0.1) is 25.4 Å². The third kappa shape index (κ3) is 5.37. The van der Waals surface area contributed by atoms with Crippen molar-refractivity contribution < 1.29 is 23.8 Å². The second-order valence-electron chi connectivity index (χ2n) is 7.28. The number of hydrogen-bond acceptors (Lipinski definition) is 6. The third-order valence-corrected chi connectivity index (χ3v) is 4.91. The Labute approximate surface area is 194 Å². The molecule has 0 fully saturated rings. The molecular weight excluding hydrogens is 420 g/mol. The van der Waals surface area contributed by atoms with Gasteiger partial charge in [0, 0.05) is 18.3 Å². The molecule has 1 N–H and O–H groups in total. The van der Waals surface area contributed by atoms with Gasteiger partial charge in [-0.2, -0.15) is 0 Å². The Morgan fingerprint density at radius 1 is 0.909 bits per heavy atom. The van der Waals surface area contributed by atoms with Crippen molar-refractivity contribution in [1.82, 2.24) is 4.90 Å². The number of imide groups is 1. The predicted octanol–water partition coefficient (Wildman–Crippen LogP) is 4.65. The highest BCUT2D eigenvalue weighted by atomic mass is 16.5. The van der Waals surface area contributed by atoms with E-state index in [0.29, 0.717) is 53.9 Å². The highest BCUT2D eigenvalue weighted by Gasteiger charge is 2.38. The minimum Gasteiger partial charge on any atom is -0.494 e. The van der Waals surface area contributed by atoms with Gasteiger partial charge < -0.3 is 19.5 Å². The molecule has 3 rings (SSSR count). The Hall–Kier alpha value is -3.74. The first kappa shape index (κ1) is 23.9. The summed E-state index contributed by atoms with van der Waals surface area (Å²) >= 11 is 0. The number of rotatable bonds is 12. The second-order valence-corrected chi connectivity index (χ2v) is 7.28. The van der Waals surface area contributed by atoms with Gasteiger partial charge in [0.1, 0.15) is 11.4 Å². The molecule has 0 saturated heterocycles. The lowest BCUT2D eigenvalue weighted by Crippen LogP contribution is -2.32. The number of carbonyl (C=O) groups excluding carboxylic acids is 2. The van der Waals surface area contributed by atoms with Crippen molar-refractivity contribution in [3.8, 4) is 17.2 Å². The molecule has 2 amide bonds. The molecule has 7 heteroatoms. The zero-order valence-electron chi connectivity index (χ0n) is 19.3. The largest absolute Gasteiger partial charge is 0.494 e. The first-order valence-corrected chi connectivity index (χ1v) is 11.1. The van der Waals surface area contributed by atoms with Gasteiger partial charge >= 0.3 is 0 Å². The van der Waals surface area contributed by atoms with Gasteiger partial charge in [-0.05, 0) is 50.1 Å². The molecule has 0 spiro atoms. The van der Waals surface area contributed by atoms with E-state index in [-0.39, 0.29) is 18.1 Å². The van der Waals surface area contributed by atoms with Crippen LogP contribution in [-0.4, -0.2) is 43.1 Å². The van der Waals surface area contributed by atoms with E-state index in [9.17, 15) is 9.59 Å². The second kappa shape index (κ2) is 11.2. The molecule has 0 bridgehead atoms. The molecule has 0 aromatic heterocycles. The van der Waals surface area contributed by atoms with Crippen LogP contribution in [0.5, 0.6) is 17.2 Å². The summed E-state index contributed by atoms with van der Waals surface area (Å²) in [5.74, 6) is 1.10. The quantitative estimate of drug-likeness (QED) is 0.375. The third-order valence-electron chi connectivity index (χ3n) is 4.91. The van der Waals surface area contributed by atoms with Crippen LogP contribution < -0.4 is 19.5 Å². The van der Waals surface area contributed by atoms with Crippen LogP contribution in [0.25, 0.3) is 5.57 Å². The van der Waals surface area contributed by atoms with Gasteiger partial charge in [0.2, 0.25) is 0 Å². The SMILES string of the molecule is C=CCN1C(=O)C(Nc2ccc(OCC)c(OCC)c2)=C(c2ccc(OCCC)cc2)C1=O. The average Bonchev–Trinajstić information content (AvgIpc) is 3.04. The summed E-state index contributed by atoms with van der Waals surface area (Å²) in [5, 5.41) is 3.14. The summed E-state index contributed by atoms with van der Waals surface area (Å²) < 4.78 is 16.9. The normalized spacial score (nSPS) is 13.4. The van der Waals surface area contributed by atoms with Crippen LogP contribution in [-0.2, 0) is 9.59 Å². The zero-order valence-corrected chi connectivity index (χ0v) is 19.3. The summed E-state index contributed by atoms with van der Waals surface area (Å²) in [6, 6.07) is 12.5. The van der Waals surface area contributed by atoms with Crippen LogP contribution in [0.15, 0.2) is 60.8 Å². The summed E-state index contributed by atoms with van der Waals surface area (Å²) in [6.45, 7) is 11.2. The maximum absolute atomic E-state index is 13.2. The minimum absolute atomic E-state index is 0.123. The van der Waals surface area contributed by atoms with E-state index in [2.05, 4.69) is 11.9 Å². The number of amides is 2. The van der Waals surface area contributed by atoms with Crippen LogP contribution in [0, 0.1) is 0 Å². The Bertz CT molecular complexity index is 1040. The average molecular weight is 451 g/mol. The summed E-state index contributed by atoms with van der Waals surface area (Å²) in [4.78, 5) is 27.5. The Balaban J connectivity index is 2.00. The van der Waals surface area contributed by atoms with Crippen molar-refractivity contribution in [1.29, 1.82) is 0 Å². The number of ether oxygens (including phenoxy) is 3. The van der Waals surface area contributed by atoms with E-state index in [1.54, 1.807) is 42.5 Å². The summed E-state index contributed by atoms with van der Waals surface area (Å²) in [5.41, 5.74) is 1.74.